The standard InChI is InChI=1S/C19H32N4.HI/c1-3-17-7-6-8-18(15-17)22-19(20)21-11-4-5-12-23-13-9-16(2)10-14-23;/h6-8,15-16H,3-5,9-14H2,1-2H3,(H3,20,21,22);1H. The summed E-state index contributed by atoms with van der Waals surface area (Å²) in [6.45, 7) is 9.05. The van der Waals surface area contributed by atoms with Crippen LogP contribution in [0.2, 0.25) is 0 Å². The normalized spacial score (nSPS) is 16.7. The first-order valence-electron chi connectivity index (χ1n) is 9.05. The minimum atomic E-state index is 0. The Bertz CT molecular complexity index is 496. The van der Waals surface area contributed by atoms with Gasteiger partial charge in [-0.3, -0.25) is 4.99 Å². The lowest BCUT2D eigenvalue weighted by atomic mass is 9.99. The van der Waals surface area contributed by atoms with E-state index in [0.29, 0.717) is 5.96 Å². The Labute approximate surface area is 164 Å². The number of halogens is 1. The minimum Gasteiger partial charge on any atom is -0.370 e. The molecule has 0 radical (unpaired) electrons. The highest BCUT2D eigenvalue weighted by atomic mass is 127. The molecule has 0 unspecified atom stereocenters. The molecule has 4 nitrogen and oxygen atoms in total. The first-order valence-corrected chi connectivity index (χ1v) is 9.05. The van der Waals surface area contributed by atoms with Crippen molar-refractivity contribution in [1.82, 2.24) is 4.90 Å². The van der Waals surface area contributed by atoms with E-state index in [2.05, 4.69) is 41.2 Å². The molecule has 1 saturated heterocycles. The van der Waals surface area contributed by atoms with Crippen molar-refractivity contribution in [2.45, 2.75) is 46.0 Å². The van der Waals surface area contributed by atoms with Crippen molar-refractivity contribution in [1.29, 1.82) is 0 Å². The van der Waals surface area contributed by atoms with Crippen molar-refractivity contribution < 1.29 is 0 Å². The zero-order valence-corrected chi connectivity index (χ0v) is 17.5. The molecule has 1 aromatic carbocycles. The molecule has 0 atom stereocenters. The fraction of sp³-hybridized carbons (Fsp3) is 0.632. The summed E-state index contributed by atoms with van der Waals surface area (Å²) in [6.07, 6.45) is 6.04. The van der Waals surface area contributed by atoms with Gasteiger partial charge in [0.05, 0.1) is 0 Å². The molecule has 0 saturated carbocycles. The summed E-state index contributed by atoms with van der Waals surface area (Å²) in [5.74, 6) is 1.43. The van der Waals surface area contributed by atoms with Crippen LogP contribution in [-0.2, 0) is 6.42 Å². The van der Waals surface area contributed by atoms with Crippen LogP contribution in [0, 0.1) is 5.92 Å². The van der Waals surface area contributed by atoms with Crippen molar-refractivity contribution >= 4 is 35.6 Å². The second kappa shape index (κ2) is 11.7. The van der Waals surface area contributed by atoms with Crippen LogP contribution < -0.4 is 11.1 Å². The Hall–Kier alpha value is -0.820. The SMILES string of the molecule is CCc1cccc(NC(N)=NCCCCN2CCC(C)CC2)c1.I. The molecule has 0 aromatic heterocycles. The molecule has 24 heavy (non-hydrogen) atoms. The van der Waals surface area contributed by atoms with Crippen molar-refractivity contribution in [3.05, 3.63) is 29.8 Å². The van der Waals surface area contributed by atoms with Gasteiger partial charge >= 0.3 is 0 Å². The molecule has 0 spiro atoms. The predicted molar refractivity (Wildman–Crippen MR) is 115 cm³/mol. The number of nitrogens with one attached hydrogen (secondary N) is 1. The van der Waals surface area contributed by atoms with E-state index in [1.807, 2.05) is 12.1 Å². The lowest BCUT2D eigenvalue weighted by molar-refractivity contribution is 0.190. The van der Waals surface area contributed by atoms with E-state index in [1.165, 1.54) is 44.5 Å². The van der Waals surface area contributed by atoms with Gasteiger partial charge in [0.2, 0.25) is 0 Å². The van der Waals surface area contributed by atoms with Crippen LogP contribution in [0.15, 0.2) is 29.3 Å². The van der Waals surface area contributed by atoms with Crippen LogP contribution in [0.1, 0.15) is 45.1 Å². The van der Waals surface area contributed by atoms with Gasteiger partial charge in [0.1, 0.15) is 0 Å². The average molecular weight is 444 g/mol. The molecule has 0 amide bonds. The van der Waals surface area contributed by atoms with Crippen LogP contribution in [0.4, 0.5) is 5.69 Å². The van der Waals surface area contributed by atoms with E-state index >= 15 is 0 Å². The minimum absolute atomic E-state index is 0. The van der Waals surface area contributed by atoms with Crippen molar-refractivity contribution in [3.63, 3.8) is 0 Å². The lowest BCUT2D eigenvalue weighted by Gasteiger charge is -2.30. The number of piperidine rings is 1. The highest BCUT2D eigenvalue weighted by Gasteiger charge is 2.14. The first-order chi connectivity index (χ1) is 11.2. The maximum absolute atomic E-state index is 5.97. The van der Waals surface area contributed by atoms with Crippen molar-refractivity contribution in [2.75, 3.05) is 31.5 Å². The zero-order chi connectivity index (χ0) is 16.5. The number of hydrogen-bond acceptors (Lipinski definition) is 2. The Morgan fingerprint density at radius 3 is 2.75 bits per heavy atom. The summed E-state index contributed by atoms with van der Waals surface area (Å²) in [6, 6.07) is 8.33. The molecule has 136 valence electrons. The lowest BCUT2D eigenvalue weighted by Crippen LogP contribution is -2.33. The topological polar surface area (TPSA) is 53.6 Å². The average Bonchev–Trinajstić information content (AvgIpc) is 2.56. The van der Waals surface area contributed by atoms with Gasteiger partial charge < -0.3 is 16.0 Å². The molecule has 5 heteroatoms. The number of hydrogen-bond donors (Lipinski definition) is 2. The molecule has 0 bridgehead atoms. The largest absolute Gasteiger partial charge is 0.370 e. The number of benzene rings is 1. The van der Waals surface area contributed by atoms with Gasteiger partial charge in [0.15, 0.2) is 5.96 Å². The number of guanidine groups is 1. The summed E-state index contributed by atoms with van der Waals surface area (Å²) in [5, 5.41) is 3.18. The summed E-state index contributed by atoms with van der Waals surface area (Å²) < 4.78 is 0. The molecule has 3 N–H and O–H groups in total. The first kappa shape index (κ1) is 21.2. The number of unbranched alkanes of at least 4 members (excludes halogenated alkanes) is 1. The van der Waals surface area contributed by atoms with E-state index in [1.54, 1.807) is 0 Å². The molecule has 2 rings (SSSR count). The quantitative estimate of drug-likeness (QED) is 0.288. The molecule has 0 aliphatic carbocycles. The predicted octanol–water partition coefficient (Wildman–Crippen LogP) is 4.11. The molecular formula is C19H33IN4. The zero-order valence-electron chi connectivity index (χ0n) is 15.1. The van der Waals surface area contributed by atoms with E-state index in [0.717, 1.165) is 31.0 Å². The van der Waals surface area contributed by atoms with Gasteiger partial charge in [0.25, 0.3) is 0 Å². The van der Waals surface area contributed by atoms with E-state index in [9.17, 15) is 0 Å². The summed E-state index contributed by atoms with van der Waals surface area (Å²) in [7, 11) is 0. The number of nitrogens with zero attached hydrogens (tertiary/aromatic N) is 2. The second-order valence-electron chi connectivity index (χ2n) is 6.68. The number of aryl methyl sites for hydroxylation is 1. The molecule has 1 aliphatic rings. The van der Waals surface area contributed by atoms with E-state index < -0.39 is 0 Å². The highest BCUT2D eigenvalue weighted by molar-refractivity contribution is 14.0. The fourth-order valence-electron chi connectivity index (χ4n) is 2.99. The highest BCUT2D eigenvalue weighted by Crippen LogP contribution is 2.16. The van der Waals surface area contributed by atoms with Gasteiger partial charge in [-0.2, -0.15) is 0 Å². The smallest absolute Gasteiger partial charge is 0.193 e. The summed E-state index contributed by atoms with van der Waals surface area (Å²) >= 11 is 0. The van der Waals surface area contributed by atoms with Crippen LogP contribution in [-0.4, -0.2) is 37.0 Å². The molecular weight excluding hydrogens is 411 g/mol. The molecule has 1 aromatic rings. The summed E-state index contributed by atoms with van der Waals surface area (Å²) in [4.78, 5) is 7.02. The van der Waals surface area contributed by atoms with Crippen molar-refractivity contribution in [2.24, 2.45) is 16.6 Å². The number of aliphatic imine (C=N–C) groups is 1. The van der Waals surface area contributed by atoms with Crippen molar-refractivity contribution in [3.8, 4) is 0 Å². The summed E-state index contributed by atoms with van der Waals surface area (Å²) in [5.41, 5.74) is 8.29. The van der Waals surface area contributed by atoms with Crippen LogP contribution in [0.3, 0.4) is 0 Å². The fourth-order valence-corrected chi connectivity index (χ4v) is 2.99. The Kier molecular flexibility index (Phi) is 10.3. The van der Waals surface area contributed by atoms with Crippen LogP contribution in [0.25, 0.3) is 0 Å². The maximum atomic E-state index is 5.97. The van der Waals surface area contributed by atoms with E-state index in [4.69, 9.17) is 5.73 Å². The van der Waals surface area contributed by atoms with Gasteiger partial charge in [0, 0.05) is 12.2 Å². The number of anilines is 1. The van der Waals surface area contributed by atoms with Gasteiger partial charge in [-0.15, -0.1) is 24.0 Å². The van der Waals surface area contributed by atoms with Gasteiger partial charge in [-0.1, -0.05) is 26.0 Å². The van der Waals surface area contributed by atoms with Crippen LogP contribution in [0.5, 0.6) is 0 Å². The van der Waals surface area contributed by atoms with Gasteiger partial charge in [-0.25, -0.2) is 0 Å². The van der Waals surface area contributed by atoms with Gasteiger partial charge in [-0.05, 0) is 75.4 Å². The Morgan fingerprint density at radius 1 is 1.29 bits per heavy atom. The number of likely N-dealkylation sites (tertiary alicyclic amines) is 1. The maximum Gasteiger partial charge on any atom is 0.193 e. The third-order valence-corrected chi connectivity index (χ3v) is 4.65. The monoisotopic (exact) mass is 444 g/mol. The third-order valence-electron chi connectivity index (χ3n) is 4.65. The Morgan fingerprint density at radius 2 is 2.04 bits per heavy atom. The second-order valence-corrected chi connectivity index (χ2v) is 6.68. The number of rotatable bonds is 7. The van der Waals surface area contributed by atoms with Crippen LogP contribution >= 0.6 is 24.0 Å². The number of nitrogens with two attached hydrogens (primary N) is 1. The van der Waals surface area contributed by atoms with E-state index in [-0.39, 0.29) is 24.0 Å². The molecule has 1 fully saturated rings. The third kappa shape index (κ3) is 7.83. The molecule has 1 aliphatic heterocycles. The Balaban J connectivity index is 0.00000288. The molecule has 1 heterocycles.